The molecule has 1 fully saturated rings. The van der Waals surface area contributed by atoms with Crippen LogP contribution in [0.5, 0.6) is 5.75 Å². The molecule has 0 heterocycles. The average Bonchev–Trinajstić information content (AvgIpc) is 2.39. The molecular weight excluding hydrogens is 272 g/mol. The topological polar surface area (TPSA) is 87.7 Å². The summed E-state index contributed by atoms with van der Waals surface area (Å²) in [6.45, 7) is 2.34. The standard InChI is InChI=1S/C15H20N2O4/c1-2-21-12-7-4-3-6-11(12)17-13(18)10-16-15(14(19)20)8-5-9-15/h3-4,6-7,16H,2,5,8-10H2,1H3,(H,17,18)(H,19,20). The molecular formula is C15H20N2O4. The summed E-state index contributed by atoms with van der Waals surface area (Å²) >= 11 is 0. The Morgan fingerprint density at radius 2 is 2.05 bits per heavy atom. The van der Waals surface area contributed by atoms with Crippen LogP contribution in [-0.2, 0) is 9.59 Å². The van der Waals surface area contributed by atoms with Gasteiger partial charge in [0.25, 0.3) is 0 Å². The zero-order valence-electron chi connectivity index (χ0n) is 12.0. The molecule has 2 rings (SSSR count). The molecule has 0 aromatic heterocycles. The van der Waals surface area contributed by atoms with E-state index in [0.29, 0.717) is 30.9 Å². The molecule has 6 heteroatoms. The maximum Gasteiger partial charge on any atom is 0.323 e. The minimum absolute atomic E-state index is 0.0350. The highest BCUT2D eigenvalue weighted by molar-refractivity contribution is 5.94. The summed E-state index contributed by atoms with van der Waals surface area (Å²) in [4.78, 5) is 23.2. The van der Waals surface area contributed by atoms with E-state index in [-0.39, 0.29) is 12.5 Å². The van der Waals surface area contributed by atoms with Gasteiger partial charge in [-0.1, -0.05) is 12.1 Å². The number of rotatable bonds is 7. The van der Waals surface area contributed by atoms with Crippen LogP contribution in [-0.4, -0.2) is 35.7 Å². The Morgan fingerprint density at radius 3 is 2.62 bits per heavy atom. The maximum absolute atomic E-state index is 12.0. The summed E-state index contributed by atoms with van der Waals surface area (Å²) in [7, 11) is 0. The van der Waals surface area contributed by atoms with Gasteiger partial charge in [0.05, 0.1) is 18.8 Å². The maximum atomic E-state index is 12.0. The fourth-order valence-corrected chi connectivity index (χ4v) is 2.29. The predicted molar refractivity (Wildman–Crippen MR) is 78.5 cm³/mol. The van der Waals surface area contributed by atoms with Crippen molar-refractivity contribution in [1.82, 2.24) is 5.32 Å². The molecule has 0 spiro atoms. The molecule has 0 atom stereocenters. The molecule has 1 aliphatic rings. The van der Waals surface area contributed by atoms with Crippen molar-refractivity contribution in [3.63, 3.8) is 0 Å². The Morgan fingerprint density at radius 1 is 1.33 bits per heavy atom. The fourth-order valence-electron chi connectivity index (χ4n) is 2.29. The Labute approximate surface area is 123 Å². The fraction of sp³-hybridized carbons (Fsp3) is 0.467. The van der Waals surface area contributed by atoms with Crippen LogP contribution in [0.2, 0.25) is 0 Å². The number of amides is 1. The van der Waals surface area contributed by atoms with Crippen LogP contribution in [0.1, 0.15) is 26.2 Å². The Bertz CT molecular complexity index is 526. The van der Waals surface area contributed by atoms with Gasteiger partial charge in [0.2, 0.25) is 5.91 Å². The van der Waals surface area contributed by atoms with Crippen LogP contribution >= 0.6 is 0 Å². The second-order valence-electron chi connectivity index (χ2n) is 5.07. The zero-order valence-corrected chi connectivity index (χ0v) is 12.0. The smallest absolute Gasteiger partial charge is 0.323 e. The number of carboxylic acid groups (broad SMARTS) is 1. The number of benzene rings is 1. The molecule has 6 nitrogen and oxygen atoms in total. The molecule has 0 aliphatic heterocycles. The van der Waals surface area contributed by atoms with Crippen LogP contribution in [0.15, 0.2) is 24.3 Å². The first kappa shape index (κ1) is 15.3. The molecule has 1 aromatic carbocycles. The Balaban J connectivity index is 1.92. The second-order valence-corrected chi connectivity index (χ2v) is 5.07. The molecule has 1 aliphatic carbocycles. The summed E-state index contributed by atoms with van der Waals surface area (Å²) < 4.78 is 5.42. The van der Waals surface area contributed by atoms with Crippen LogP contribution < -0.4 is 15.4 Å². The van der Waals surface area contributed by atoms with E-state index in [4.69, 9.17) is 4.74 Å². The number of hydrogen-bond donors (Lipinski definition) is 3. The second kappa shape index (κ2) is 6.58. The van der Waals surface area contributed by atoms with Gasteiger partial charge < -0.3 is 15.2 Å². The van der Waals surface area contributed by atoms with E-state index >= 15 is 0 Å². The highest BCUT2D eigenvalue weighted by Gasteiger charge is 2.44. The van der Waals surface area contributed by atoms with Crippen molar-refractivity contribution in [1.29, 1.82) is 0 Å². The van der Waals surface area contributed by atoms with Crippen molar-refractivity contribution in [3.05, 3.63) is 24.3 Å². The largest absolute Gasteiger partial charge is 0.492 e. The van der Waals surface area contributed by atoms with E-state index in [9.17, 15) is 14.7 Å². The Hall–Kier alpha value is -2.08. The quantitative estimate of drug-likeness (QED) is 0.711. The molecule has 0 bridgehead atoms. The van der Waals surface area contributed by atoms with Crippen LogP contribution in [0.3, 0.4) is 0 Å². The lowest BCUT2D eigenvalue weighted by Crippen LogP contribution is -2.58. The third kappa shape index (κ3) is 3.52. The molecule has 0 radical (unpaired) electrons. The highest BCUT2D eigenvalue weighted by Crippen LogP contribution is 2.31. The summed E-state index contributed by atoms with van der Waals surface area (Å²) in [5.74, 6) is -0.573. The van der Waals surface area contributed by atoms with Crippen LogP contribution in [0, 0.1) is 0 Å². The summed E-state index contributed by atoms with van der Waals surface area (Å²) in [6, 6.07) is 7.15. The Kier molecular flexibility index (Phi) is 4.80. The number of para-hydroxylation sites is 2. The molecule has 114 valence electrons. The van der Waals surface area contributed by atoms with E-state index in [2.05, 4.69) is 10.6 Å². The van der Waals surface area contributed by atoms with E-state index < -0.39 is 11.5 Å². The number of hydrogen-bond acceptors (Lipinski definition) is 4. The first-order chi connectivity index (χ1) is 10.1. The third-order valence-electron chi connectivity index (χ3n) is 3.66. The monoisotopic (exact) mass is 292 g/mol. The molecule has 3 N–H and O–H groups in total. The number of carbonyl (C=O) groups is 2. The first-order valence-corrected chi connectivity index (χ1v) is 7.07. The van der Waals surface area contributed by atoms with E-state index in [1.54, 1.807) is 18.2 Å². The van der Waals surface area contributed by atoms with Gasteiger partial charge in [0.1, 0.15) is 11.3 Å². The van der Waals surface area contributed by atoms with Crippen LogP contribution in [0.25, 0.3) is 0 Å². The third-order valence-corrected chi connectivity index (χ3v) is 3.66. The lowest BCUT2D eigenvalue weighted by Gasteiger charge is -2.38. The molecule has 0 saturated heterocycles. The van der Waals surface area contributed by atoms with Crippen LogP contribution in [0.4, 0.5) is 5.69 Å². The van der Waals surface area contributed by atoms with Gasteiger partial charge in [-0.25, -0.2) is 0 Å². The van der Waals surface area contributed by atoms with Crippen molar-refractivity contribution >= 4 is 17.6 Å². The van der Waals surface area contributed by atoms with Crippen molar-refractivity contribution in [2.45, 2.75) is 31.7 Å². The van der Waals surface area contributed by atoms with Gasteiger partial charge in [-0.05, 0) is 38.3 Å². The number of anilines is 1. The first-order valence-electron chi connectivity index (χ1n) is 7.07. The molecule has 1 amide bonds. The van der Waals surface area contributed by atoms with Crippen molar-refractivity contribution in [2.24, 2.45) is 0 Å². The molecule has 1 aromatic rings. The summed E-state index contributed by atoms with van der Waals surface area (Å²) in [5.41, 5.74) is -0.347. The summed E-state index contributed by atoms with van der Waals surface area (Å²) in [6.07, 6.45) is 1.99. The van der Waals surface area contributed by atoms with Crippen molar-refractivity contribution in [2.75, 3.05) is 18.5 Å². The number of carboxylic acids is 1. The normalized spacial score (nSPS) is 15.9. The molecule has 0 unspecified atom stereocenters. The average molecular weight is 292 g/mol. The van der Waals surface area contributed by atoms with Gasteiger partial charge in [0, 0.05) is 0 Å². The SMILES string of the molecule is CCOc1ccccc1NC(=O)CNC1(C(=O)O)CCC1. The highest BCUT2D eigenvalue weighted by atomic mass is 16.5. The van der Waals surface area contributed by atoms with E-state index in [1.165, 1.54) is 0 Å². The number of aliphatic carboxylic acids is 1. The van der Waals surface area contributed by atoms with Gasteiger partial charge in [-0.15, -0.1) is 0 Å². The lowest BCUT2D eigenvalue weighted by molar-refractivity contribution is -0.148. The van der Waals surface area contributed by atoms with Gasteiger partial charge in [-0.2, -0.15) is 0 Å². The minimum atomic E-state index is -0.934. The van der Waals surface area contributed by atoms with Gasteiger partial charge in [0.15, 0.2) is 0 Å². The van der Waals surface area contributed by atoms with E-state index in [0.717, 1.165) is 6.42 Å². The lowest BCUT2D eigenvalue weighted by atomic mass is 9.77. The number of ether oxygens (including phenoxy) is 1. The van der Waals surface area contributed by atoms with Crippen molar-refractivity contribution < 1.29 is 19.4 Å². The molecule has 1 saturated carbocycles. The van der Waals surface area contributed by atoms with E-state index in [1.807, 2.05) is 13.0 Å². The minimum Gasteiger partial charge on any atom is -0.492 e. The number of carbonyl (C=O) groups excluding carboxylic acids is 1. The van der Waals surface area contributed by atoms with Gasteiger partial charge in [-0.3, -0.25) is 14.9 Å². The molecule has 21 heavy (non-hydrogen) atoms. The number of nitrogens with one attached hydrogen (secondary N) is 2. The zero-order chi connectivity index (χ0) is 15.3. The van der Waals surface area contributed by atoms with Crippen molar-refractivity contribution in [3.8, 4) is 5.75 Å². The van der Waals surface area contributed by atoms with Gasteiger partial charge >= 0.3 is 5.97 Å². The predicted octanol–water partition coefficient (Wildman–Crippen LogP) is 1.62. The summed E-state index contributed by atoms with van der Waals surface area (Å²) in [5, 5.41) is 14.8.